The minimum Gasteiger partial charge on any atom is -0.467 e. The highest BCUT2D eigenvalue weighted by Gasteiger charge is 2.11. The van der Waals surface area contributed by atoms with Gasteiger partial charge in [0.1, 0.15) is 5.76 Å². The average Bonchev–Trinajstić information content (AvgIpc) is 2.81. The fourth-order valence-corrected chi connectivity index (χ4v) is 1.64. The first kappa shape index (κ1) is 9.99. The molecule has 2 heteroatoms. The van der Waals surface area contributed by atoms with Crippen LogP contribution in [0.3, 0.4) is 0 Å². The van der Waals surface area contributed by atoms with E-state index in [-0.39, 0.29) is 6.04 Å². The number of rotatable bonds is 3. The molecule has 0 radical (unpaired) electrons. The molecular formula is C13H15NO. The molecular weight excluding hydrogens is 186 g/mol. The van der Waals surface area contributed by atoms with Crippen molar-refractivity contribution in [2.75, 3.05) is 0 Å². The lowest BCUT2D eigenvalue weighted by molar-refractivity contribution is 0.489. The summed E-state index contributed by atoms with van der Waals surface area (Å²) in [6.45, 7) is 2.14. The van der Waals surface area contributed by atoms with Gasteiger partial charge in [0.2, 0.25) is 0 Å². The Bertz CT molecular complexity index is 420. The molecule has 0 amide bonds. The number of hydrogen-bond acceptors (Lipinski definition) is 2. The van der Waals surface area contributed by atoms with Crippen molar-refractivity contribution in [2.24, 2.45) is 5.73 Å². The maximum atomic E-state index is 6.09. The first-order valence-electron chi connectivity index (χ1n) is 5.19. The van der Waals surface area contributed by atoms with Crippen LogP contribution in [-0.4, -0.2) is 0 Å². The lowest BCUT2D eigenvalue weighted by atomic mass is 10.0. The first-order valence-corrected chi connectivity index (χ1v) is 5.19. The van der Waals surface area contributed by atoms with Crippen LogP contribution in [0.1, 0.15) is 29.9 Å². The van der Waals surface area contributed by atoms with Crippen molar-refractivity contribution >= 4 is 0 Å². The molecule has 1 aromatic heterocycles. The van der Waals surface area contributed by atoms with Gasteiger partial charge < -0.3 is 10.2 Å². The molecule has 0 saturated heterocycles. The Morgan fingerprint density at radius 1 is 1.27 bits per heavy atom. The molecule has 0 aliphatic heterocycles. The van der Waals surface area contributed by atoms with Gasteiger partial charge in [-0.15, -0.1) is 0 Å². The van der Waals surface area contributed by atoms with E-state index in [1.165, 1.54) is 5.56 Å². The fraction of sp³-hybridized carbons (Fsp3) is 0.231. The highest BCUT2D eigenvalue weighted by atomic mass is 16.3. The maximum Gasteiger partial charge on any atom is 0.124 e. The number of nitrogens with two attached hydrogens (primary N) is 1. The molecule has 1 aromatic carbocycles. The van der Waals surface area contributed by atoms with E-state index in [9.17, 15) is 0 Å². The van der Waals surface area contributed by atoms with Crippen molar-refractivity contribution in [3.8, 4) is 0 Å². The Balaban J connectivity index is 2.29. The minimum absolute atomic E-state index is 0.161. The topological polar surface area (TPSA) is 39.2 Å². The SMILES string of the molecule is CCc1cccc(C(N)c2ccco2)c1. The molecule has 0 aliphatic rings. The van der Waals surface area contributed by atoms with Crippen LogP contribution in [-0.2, 0) is 6.42 Å². The summed E-state index contributed by atoms with van der Waals surface area (Å²) in [7, 11) is 0. The van der Waals surface area contributed by atoms with Gasteiger partial charge in [0.05, 0.1) is 12.3 Å². The van der Waals surface area contributed by atoms with E-state index in [1.807, 2.05) is 24.3 Å². The molecule has 2 nitrogen and oxygen atoms in total. The van der Waals surface area contributed by atoms with Crippen LogP contribution in [0.15, 0.2) is 47.1 Å². The summed E-state index contributed by atoms with van der Waals surface area (Å²) < 4.78 is 5.30. The third-order valence-electron chi connectivity index (χ3n) is 2.57. The molecule has 0 saturated carbocycles. The van der Waals surface area contributed by atoms with E-state index in [2.05, 4.69) is 19.1 Å². The highest BCUT2D eigenvalue weighted by Crippen LogP contribution is 2.20. The third-order valence-corrected chi connectivity index (χ3v) is 2.57. The standard InChI is InChI=1S/C13H15NO/c1-2-10-5-3-6-11(9-10)13(14)12-7-4-8-15-12/h3-9,13H,2,14H2,1H3. The third kappa shape index (κ3) is 2.10. The molecule has 1 unspecified atom stereocenters. The summed E-state index contributed by atoms with van der Waals surface area (Å²) in [6, 6.07) is 11.9. The van der Waals surface area contributed by atoms with E-state index in [0.29, 0.717) is 0 Å². The summed E-state index contributed by atoms with van der Waals surface area (Å²) in [6.07, 6.45) is 2.68. The van der Waals surface area contributed by atoms with Gasteiger partial charge in [-0.2, -0.15) is 0 Å². The van der Waals surface area contributed by atoms with E-state index in [0.717, 1.165) is 17.7 Å². The Kier molecular flexibility index (Phi) is 2.88. The van der Waals surface area contributed by atoms with Crippen LogP contribution in [0.4, 0.5) is 0 Å². The zero-order valence-corrected chi connectivity index (χ0v) is 8.81. The number of furan rings is 1. The molecule has 0 bridgehead atoms. The molecule has 1 heterocycles. The van der Waals surface area contributed by atoms with Crippen LogP contribution in [0.2, 0.25) is 0 Å². The Morgan fingerprint density at radius 2 is 2.13 bits per heavy atom. The summed E-state index contributed by atoms with van der Waals surface area (Å²) in [4.78, 5) is 0. The summed E-state index contributed by atoms with van der Waals surface area (Å²) in [5.74, 6) is 0.809. The van der Waals surface area contributed by atoms with Crippen molar-refractivity contribution in [3.63, 3.8) is 0 Å². The predicted molar refractivity (Wildman–Crippen MR) is 60.6 cm³/mol. The average molecular weight is 201 g/mol. The first-order chi connectivity index (χ1) is 7.31. The number of aryl methyl sites for hydroxylation is 1. The molecule has 2 rings (SSSR count). The zero-order valence-electron chi connectivity index (χ0n) is 8.81. The van der Waals surface area contributed by atoms with E-state index in [4.69, 9.17) is 10.2 Å². The summed E-state index contributed by atoms with van der Waals surface area (Å²) in [5.41, 5.74) is 8.49. The smallest absolute Gasteiger partial charge is 0.124 e. The van der Waals surface area contributed by atoms with E-state index in [1.54, 1.807) is 6.26 Å². The lowest BCUT2D eigenvalue weighted by Gasteiger charge is -2.10. The number of benzene rings is 1. The van der Waals surface area contributed by atoms with E-state index < -0.39 is 0 Å². The van der Waals surface area contributed by atoms with Crippen molar-refractivity contribution in [1.29, 1.82) is 0 Å². The molecule has 2 aromatic rings. The van der Waals surface area contributed by atoms with Gasteiger partial charge in [0.15, 0.2) is 0 Å². The predicted octanol–water partition coefficient (Wildman–Crippen LogP) is 2.89. The monoisotopic (exact) mass is 201 g/mol. The van der Waals surface area contributed by atoms with Crippen molar-refractivity contribution in [3.05, 3.63) is 59.5 Å². The van der Waals surface area contributed by atoms with Crippen LogP contribution in [0.25, 0.3) is 0 Å². The second kappa shape index (κ2) is 4.32. The molecule has 15 heavy (non-hydrogen) atoms. The lowest BCUT2D eigenvalue weighted by Crippen LogP contribution is -2.10. The maximum absolute atomic E-state index is 6.09. The normalized spacial score (nSPS) is 12.7. The van der Waals surface area contributed by atoms with Gasteiger partial charge in [-0.3, -0.25) is 0 Å². The molecule has 78 valence electrons. The molecule has 0 fully saturated rings. The van der Waals surface area contributed by atoms with Gasteiger partial charge in [-0.25, -0.2) is 0 Å². The van der Waals surface area contributed by atoms with Crippen LogP contribution < -0.4 is 5.73 Å². The largest absolute Gasteiger partial charge is 0.467 e. The van der Waals surface area contributed by atoms with Gasteiger partial charge >= 0.3 is 0 Å². The molecule has 0 spiro atoms. The second-order valence-electron chi connectivity index (χ2n) is 3.59. The molecule has 2 N–H and O–H groups in total. The van der Waals surface area contributed by atoms with Crippen molar-refractivity contribution in [2.45, 2.75) is 19.4 Å². The summed E-state index contributed by atoms with van der Waals surface area (Å²) >= 11 is 0. The second-order valence-corrected chi connectivity index (χ2v) is 3.59. The van der Waals surface area contributed by atoms with Crippen LogP contribution in [0, 0.1) is 0 Å². The Hall–Kier alpha value is -1.54. The fourth-order valence-electron chi connectivity index (χ4n) is 1.64. The van der Waals surface area contributed by atoms with Gasteiger partial charge in [0, 0.05) is 0 Å². The van der Waals surface area contributed by atoms with Gasteiger partial charge in [-0.05, 0) is 29.7 Å². The van der Waals surface area contributed by atoms with Crippen LogP contribution >= 0.6 is 0 Å². The van der Waals surface area contributed by atoms with Crippen molar-refractivity contribution in [1.82, 2.24) is 0 Å². The highest BCUT2D eigenvalue weighted by molar-refractivity contribution is 5.30. The quantitative estimate of drug-likeness (QED) is 0.829. The van der Waals surface area contributed by atoms with Crippen LogP contribution in [0.5, 0.6) is 0 Å². The van der Waals surface area contributed by atoms with Gasteiger partial charge in [0.25, 0.3) is 0 Å². The van der Waals surface area contributed by atoms with Gasteiger partial charge in [-0.1, -0.05) is 31.2 Å². The minimum atomic E-state index is -0.161. The zero-order chi connectivity index (χ0) is 10.7. The Labute approximate surface area is 89.7 Å². The molecule has 1 atom stereocenters. The van der Waals surface area contributed by atoms with E-state index >= 15 is 0 Å². The molecule has 0 aliphatic carbocycles. The summed E-state index contributed by atoms with van der Waals surface area (Å²) in [5, 5.41) is 0. The Morgan fingerprint density at radius 3 is 2.80 bits per heavy atom. The van der Waals surface area contributed by atoms with Crippen molar-refractivity contribution < 1.29 is 4.42 Å². The number of hydrogen-bond donors (Lipinski definition) is 1.